The molecule has 0 saturated carbocycles. The van der Waals surface area contributed by atoms with Crippen LogP contribution in [0.15, 0.2) is 29.3 Å². The summed E-state index contributed by atoms with van der Waals surface area (Å²) in [5, 5.41) is 55.8. The largest absolute Gasteiger partial charge is 0.507 e. The van der Waals surface area contributed by atoms with Crippen molar-refractivity contribution in [2.45, 2.75) is 77.6 Å². The summed E-state index contributed by atoms with van der Waals surface area (Å²) in [6.45, 7) is 9.44. The lowest BCUT2D eigenvalue weighted by Gasteiger charge is -2.39. The first-order valence-corrected chi connectivity index (χ1v) is 11.8. The standard InChI is InChI=1S/C10H9NO3S.C8H16O5.2C2H6/c12-8-4-2-1-3-6(8)9-11-7(5-15-9)10(13)14;1-2-4-6(10)8(12)7(11)5(3-9)13-4;2*1-2/h1-4,7,12H,5H2,(H,13,14);4-12H,2-3H2,1H3;2*1-2H3/t;4-,5?,6?,7?,8?;;/m.0../s1. The second kappa shape index (κ2) is 16.0. The minimum atomic E-state index is -1.24. The van der Waals surface area contributed by atoms with E-state index in [4.69, 9.17) is 14.9 Å². The number of phenolic OH excluding ortho intramolecular Hbond substituents is 1. The Labute approximate surface area is 193 Å². The molecule has 1 aromatic rings. The topological polar surface area (TPSA) is 160 Å². The smallest absolute Gasteiger partial charge is 0.329 e. The van der Waals surface area contributed by atoms with Crippen LogP contribution in [0.4, 0.5) is 0 Å². The summed E-state index contributed by atoms with van der Waals surface area (Å²) >= 11 is 1.36. The summed E-state index contributed by atoms with van der Waals surface area (Å²) in [6, 6.07) is 6.10. The number of nitrogens with zero attached hydrogens (tertiary/aromatic N) is 1. The third-order valence-electron chi connectivity index (χ3n) is 4.46. The van der Waals surface area contributed by atoms with Crippen molar-refractivity contribution in [3.05, 3.63) is 29.8 Å². The first kappa shape index (κ1) is 30.3. The van der Waals surface area contributed by atoms with Gasteiger partial charge in [0, 0.05) is 11.3 Å². The van der Waals surface area contributed by atoms with Crippen LogP contribution in [0.5, 0.6) is 5.75 Å². The summed E-state index contributed by atoms with van der Waals surface area (Å²) < 4.78 is 5.17. The third-order valence-corrected chi connectivity index (χ3v) is 5.55. The van der Waals surface area contributed by atoms with E-state index in [0.29, 0.717) is 22.8 Å². The van der Waals surface area contributed by atoms with Crippen LogP contribution in [0.25, 0.3) is 0 Å². The van der Waals surface area contributed by atoms with Crippen LogP contribution in [-0.4, -0.2) is 90.6 Å². The van der Waals surface area contributed by atoms with Crippen molar-refractivity contribution in [2.24, 2.45) is 4.99 Å². The van der Waals surface area contributed by atoms with Gasteiger partial charge in [0.2, 0.25) is 0 Å². The van der Waals surface area contributed by atoms with Gasteiger partial charge in [0.25, 0.3) is 0 Å². The molecule has 0 aliphatic carbocycles. The monoisotopic (exact) mass is 475 g/mol. The fraction of sp³-hybridized carbons (Fsp3) is 0.636. The Balaban J connectivity index is 0.000000525. The highest BCUT2D eigenvalue weighted by Gasteiger charge is 2.42. The Hall–Kier alpha value is -1.69. The fourth-order valence-corrected chi connectivity index (χ4v) is 3.88. The number of rotatable bonds is 4. The molecule has 0 radical (unpaired) electrons. The zero-order valence-electron chi connectivity index (χ0n) is 19.3. The van der Waals surface area contributed by atoms with E-state index in [9.17, 15) is 25.2 Å². The zero-order valence-corrected chi connectivity index (χ0v) is 20.1. The van der Waals surface area contributed by atoms with Crippen LogP contribution >= 0.6 is 11.8 Å². The summed E-state index contributed by atoms with van der Waals surface area (Å²) in [5.74, 6) is -0.360. The van der Waals surface area contributed by atoms with Gasteiger partial charge in [-0.2, -0.15) is 0 Å². The minimum absolute atomic E-state index is 0.134. The summed E-state index contributed by atoms with van der Waals surface area (Å²) in [4.78, 5) is 14.7. The molecule has 9 nitrogen and oxygen atoms in total. The highest BCUT2D eigenvalue weighted by Crippen LogP contribution is 2.28. The van der Waals surface area contributed by atoms with Crippen LogP contribution in [0, 0.1) is 0 Å². The Morgan fingerprint density at radius 3 is 2.09 bits per heavy atom. The molecule has 3 rings (SSSR count). The van der Waals surface area contributed by atoms with E-state index in [-0.39, 0.29) is 12.4 Å². The molecular weight excluding hydrogens is 438 g/mol. The van der Waals surface area contributed by atoms with E-state index >= 15 is 0 Å². The number of benzene rings is 1. The van der Waals surface area contributed by atoms with Gasteiger partial charge < -0.3 is 35.4 Å². The molecule has 1 aromatic carbocycles. The van der Waals surface area contributed by atoms with Gasteiger partial charge in [-0.3, -0.25) is 4.99 Å². The maximum absolute atomic E-state index is 10.7. The second-order valence-corrected chi connectivity index (χ2v) is 7.40. The molecule has 0 spiro atoms. The number of thioether (sulfide) groups is 1. The second-order valence-electron chi connectivity index (χ2n) is 6.39. The lowest BCUT2D eigenvalue weighted by atomic mass is 9.94. The van der Waals surface area contributed by atoms with E-state index in [0.717, 1.165) is 0 Å². The van der Waals surface area contributed by atoms with Crippen molar-refractivity contribution in [1.29, 1.82) is 0 Å². The minimum Gasteiger partial charge on any atom is -0.507 e. The van der Waals surface area contributed by atoms with Gasteiger partial charge in [-0.25, -0.2) is 4.79 Å². The Bertz CT molecular complexity index is 682. The third kappa shape index (κ3) is 8.34. The Kier molecular flexibility index (Phi) is 15.2. The number of ether oxygens (including phenoxy) is 1. The quantitative estimate of drug-likeness (QED) is 0.380. The molecule has 0 amide bonds. The number of carboxylic acid groups (broad SMARTS) is 1. The van der Waals surface area contributed by atoms with Crippen LogP contribution in [0.3, 0.4) is 0 Å². The van der Waals surface area contributed by atoms with E-state index in [1.54, 1.807) is 31.2 Å². The maximum atomic E-state index is 10.7. The molecule has 0 aromatic heterocycles. The van der Waals surface area contributed by atoms with Gasteiger partial charge in [0.1, 0.15) is 35.2 Å². The number of hydrogen-bond donors (Lipinski definition) is 6. The van der Waals surface area contributed by atoms with Gasteiger partial charge in [0.05, 0.1) is 12.7 Å². The predicted octanol–water partition coefficient (Wildman–Crippen LogP) is 1.63. The molecule has 10 heteroatoms. The molecule has 1 saturated heterocycles. The zero-order chi connectivity index (χ0) is 24.8. The summed E-state index contributed by atoms with van der Waals surface area (Å²) in [6.07, 6.45) is -4.33. The van der Waals surface area contributed by atoms with Crippen LogP contribution in [0.2, 0.25) is 0 Å². The summed E-state index contributed by atoms with van der Waals surface area (Å²) in [7, 11) is 0. The van der Waals surface area contributed by atoms with Crippen LogP contribution in [-0.2, 0) is 9.53 Å². The number of aliphatic hydroxyl groups excluding tert-OH is 4. The number of aromatic hydroxyl groups is 1. The predicted molar refractivity (Wildman–Crippen MR) is 125 cm³/mol. The average molecular weight is 476 g/mol. The molecule has 2 aliphatic rings. The summed E-state index contributed by atoms with van der Waals surface area (Å²) in [5.41, 5.74) is 0.603. The lowest BCUT2D eigenvalue weighted by Crippen LogP contribution is -2.58. The number of phenols is 1. The number of para-hydroxylation sites is 1. The number of carbonyl (C=O) groups is 1. The first-order valence-electron chi connectivity index (χ1n) is 10.8. The molecule has 1 fully saturated rings. The molecule has 184 valence electrons. The fourth-order valence-electron chi connectivity index (χ4n) is 2.82. The van der Waals surface area contributed by atoms with Crippen LogP contribution < -0.4 is 0 Å². The molecule has 6 atom stereocenters. The first-order chi connectivity index (χ1) is 15.3. The number of hydrogen-bond acceptors (Lipinski definition) is 9. The molecule has 2 aliphatic heterocycles. The van der Waals surface area contributed by atoms with Crippen molar-refractivity contribution in [3.63, 3.8) is 0 Å². The van der Waals surface area contributed by atoms with E-state index in [1.807, 2.05) is 27.7 Å². The van der Waals surface area contributed by atoms with Gasteiger partial charge in [-0.15, -0.1) is 11.8 Å². The lowest BCUT2D eigenvalue weighted by molar-refractivity contribution is -0.229. The Morgan fingerprint density at radius 2 is 1.62 bits per heavy atom. The number of aliphatic hydroxyl groups is 4. The molecule has 2 heterocycles. The van der Waals surface area contributed by atoms with E-state index in [1.165, 1.54) is 11.8 Å². The normalized spacial score (nSPS) is 28.6. The molecule has 32 heavy (non-hydrogen) atoms. The molecule has 0 bridgehead atoms. The van der Waals surface area contributed by atoms with Gasteiger partial charge >= 0.3 is 5.97 Å². The number of carboxylic acids is 1. The van der Waals surface area contributed by atoms with Gasteiger partial charge in [-0.05, 0) is 18.6 Å². The number of aliphatic imine (C=N–C) groups is 1. The highest BCUT2D eigenvalue weighted by molar-refractivity contribution is 8.14. The molecule has 6 N–H and O–H groups in total. The van der Waals surface area contributed by atoms with Gasteiger partial charge in [0.15, 0.2) is 6.04 Å². The van der Waals surface area contributed by atoms with E-state index < -0.39 is 42.5 Å². The highest BCUT2D eigenvalue weighted by atomic mass is 32.2. The van der Waals surface area contributed by atoms with Gasteiger partial charge in [-0.1, -0.05) is 46.8 Å². The van der Waals surface area contributed by atoms with Crippen molar-refractivity contribution >= 4 is 22.8 Å². The average Bonchev–Trinajstić information content (AvgIpc) is 3.32. The van der Waals surface area contributed by atoms with Crippen LogP contribution in [0.1, 0.15) is 46.6 Å². The van der Waals surface area contributed by atoms with Crippen molar-refractivity contribution in [2.75, 3.05) is 12.4 Å². The Morgan fingerprint density at radius 1 is 1.06 bits per heavy atom. The SMILES string of the molecule is CC.CC.CC[C@@H]1OC(CO)C(O)C(O)C1O.O=C(O)C1CSC(c2ccccc2O)=N1. The molecule has 5 unspecified atom stereocenters. The van der Waals surface area contributed by atoms with Crippen molar-refractivity contribution in [3.8, 4) is 5.75 Å². The number of aliphatic carboxylic acids is 1. The molecular formula is C22H37NO8S. The maximum Gasteiger partial charge on any atom is 0.329 e. The van der Waals surface area contributed by atoms with E-state index in [2.05, 4.69) is 4.99 Å². The van der Waals surface area contributed by atoms with Crippen molar-refractivity contribution < 1.29 is 40.2 Å². The van der Waals surface area contributed by atoms with Crippen molar-refractivity contribution in [1.82, 2.24) is 0 Å².